The Kier molecular flexibility index (Phi) is 9.72. The Balaban J connectivity index is 1.25. The van der Waals surface area contributed by atoms with Crippen LogP contribution in [0.3, 0.4) is 0 Å². The minimum Gasteiger partial charge on any atom is -0.497 e. The fourth-order valence-corrected chi connectivity index (χ4v) is 6.25. The minimum absolute atomic E-state index is 0.0184. The molecule has 1 aliphatic rings. The molecule has 1 aliphatic heterocycles. The zero-order valence-corrected chi connectivity index (χ0v) is 24.5. The van der Waals surface area contributed by atoms with Gasteiger partial charge in [0.15, 0.2) is 5.76 Å². The van der Waals surface area contributed by atoms with Crippen molar-refractivity contribution in [1.82, 2.24) is 19.6 Å². The summed E-state index contributed by atoms with van der Waals surface area (Å²) < 4.78 is 44.7. The molecular weight excluding hydrogens is 572 g/mol. The standard InChI is InChI=1S/C31H34N4O7S/c1-40-24-11-13-25(14-12-24)43(38,39)35(15-17-36)16-18-41-30-20-23(22-7-3-2-4-8-22)19-28(42-30)31(37)32-21-29-33-26-9-5-6-10-27(26)34-29/h2-14,19,23,30,36H,15-18,20-21H2,1H3,(H,32,37)(H,33,34)/t23-,30+/m1/s1. The highest BCUT2D eigenvalue weighted by atomic mass is 32.2. The predicted octanol–water partition coefficient (Wildman–Crippen LogP) is 3.30. The molecule has 3 N–H and O–H groups in total. The quantitative estimate of drug-likeness (QED) is 0.210. The first-order chi connectivity index (χ1) is 20.9. The largest absolute Gasteiger partial charge is 0.497 e. The van der Waals surface area contributed by atoms with Gasteiger partial charge < -0.3 is 29.6 Å². The van der Waals surface area contributed by atoms with Crippen LogP contribution in [0, 0.1) is 0 Å². The lowest BCUT2D eigenvalue weighted by Gasteiger charge is -2.30. The van der Waals surface area contributed by atoms with E-state index >= 15 is 0 Å². The molecule has 3 aromatic carbocycles. The minimum atomic E-state index is -3.90. The molecule has 0 saturated carbocycles. The van der Waals surface area contributed by atoms with Gasteiger partial charge in [0.25, 0.3) is 5.91 Å². The Hall–Kier alpha value is -4.23. The first-order valence-electron chi connectivity index (χ1n) is 13.9. The van der Waals surface area contributed by atoms with E-state index in [-0.39, 0.29) is 49.4 Å². The third-order valence-electron chi connectivity index (χ3n) is 7.05. The number of carbonyl (C=O) groups is 1. The lowest BCUT2D eigenvalue weighted by molar-refractivity contribution is -0.146. The van der Waals surface area contributed by atoms with Crippen LogP contribution in [0.5, 0.6) is 5.75 Å². The summed E-state index contributed by atoms with van der Waals surface area (Å²) in [6, 6.07) is 23.3. The number of aliphatic hydroxyl groups excluding tert-OH is 1. The van der Waals surface area contributed by atoms with E-state index in [4.69, 9.17) is 14.2 Å². The number of hydrogen-bond donors (Lipinski definition) is 3. The molecule has 226 valence electrons. The van der Waals surface area contributed by atoms with Crippen molar-refractivity contribution in [3.63, 3.8) is 0 Å². The molecule has 5 rings (SSSR count). The second kappa shape index (κ2) is 13.8. The molecule has 0 aliphatic carbocycles. The average Bonchev–Trinajstić information content (AvgIpc) is 3.46. The first kappa shape index (κ1) is 30.2. The van der Waals surface area contributed by atoms with Crippen LogP contribution in [0.25, 0.3) is 11.0 Å². The van der Waals surface area contributed by atoms with Gasteiger partial charge in [0.2, 0.25) is 16.3 Å². The van der Waals surface area contributed by atoms with Gasteiger partial charge in [-0.25, -0.2) is 13.4 Å². The maximum atomic E-state index is 13.2. The molecule has 4 aromatic rings. The number of imidazole rings is 1. The highest BCUT2D eigenvalue weighted by Crippen LogP contribution is 2.31. The second-order valence-corrected chi connectivity index (χ2v) is 11.8. The van der Waals surface area contributed by atoms with Crippen LogP contribution in [-0.2, 0) is 30.8 Å². The number of aromatic amines is 1. The summed E-state index contributed by atoms with van der Waals surface area (Å²) in [6.45, 7) is -0.332. The number of benzene rings is 3. The lowest BCUT2D eigenvalue weighted by atomic mass is 9.93. The van der Waals surface area contributed by atoms with Gasteiger partial charge in [0.1, 0.15) is 11.6 Å². The number of methoxy groups -OCH3 is 1. The summed E-state index contributed by atoms with van der Waals surface area (Å²) in [4.78, 5) is 20.9. The Morgan fingerprint density at radius 3 is 2.53 bits per heavy atom. The molecule has 2 heterocycles. The van der Waals surface area contributed by atoms with Crippen LogP contribution in [-0.4, -0.2) is 73.4 Å². The summed E-state index contributed by atoms with van der Waals surface area (Å²) >= 11 is 0. The van der Waals surface area contributed by atoms with Crippen molar-refractivity contribution in [2.75, 3.05) is 33.4 Å². The maximum absolute atomic E-state index is 13.2. The number of amides is 1. The van der Waals surface area contributed by atoms with Crippen molar-refractivity contribution in [3.8, 4) is 5.75 Å². The molecule has 0 saturated heterocycles. The van der Waals surface area contributed by atoms with E-state index in [0.29, 0.717) is 18.0 Å². The summed E-state index contributed by atoms with van der Waals surface area (Å²) in [5, 5.41) is 12.4. The monoisotopic (exact) mass is 606 g/mol. The van der Waals surface area contributed by atoms with E-state index in [2.05, 4.69) is 15.3 Å². The number of hydrogen-bond acceptors (Lipinski definition) is 8. The van der Waals surface area contributed by atoms with Crippen LogP contribution in [0.1, 0.15) is 23.7 Å². The average molecular weight is 607 g/mol. The van der Waals surface area contributed by atoms with E-state index in [9.17, 15) is 18.3 Å². The van der Waals surface area contributed by atoms with E-state index < -0.39 is 22.2 Å². The Bertz CT molecular complexity index is 1620. The van der Waals surface area contributed by atoms with Gasteiger partial charge in [-0.3, -0.25) is 4.79 Å². The van der Waals surface area contributed by atoms with Crippen LogP contribution in [0.2, 0.25) is 0 Å². The van der Waals surface area contributed by atoms with Gasteiger partial charge in [-0.05, 0) is 48.0 Å². The third-order valence-corrected chi connectivity index (χ3v) is 8.97. The number of rotatable bonds is 13. The SMILES string of the molecule is COc1ccc(S(=O)(=O)N(CCO)CCO[C@@H]2C[C@H](c3ccccc3)C=C(C(=O)NCc3nc4ccccc4[nH]3)O2)cc1. The fraction of sp³-hybridized carbons (Fsp3) is 0.290. The Morgan fingerprint density at radius 1 is 1.07 bits per heavy atom. The van der Waals surface area contributed by atoms with Gasteiger partial charge in [-0.2, -0.15) is 4.31 Å². The molecule has 43 heavy (non-hydrogen) atoms. The topological polar surface area (TPSA) is 143 Å². The summed E-state index contributed by atoms with van der Waals surface area (Å²) in [5.41, 5.74) is 2.68. The maximum Gasteiger partial charge on any atom is 0.286 e. The lowest BCUT2D eigenvalue weighted by Crippen LogP contribution is -2.38. The van der Waals surface area contributed by atoms with Gasteiger partial charge in [0.05, 0.1) is 42.8 Å². The van der Waals surface area contributed by atoms with Crippen molar-refractivity contribution in [1.29, 1.82) is 0 Å². The number of nitrogens with one attached hydrogen (secondary N) is 2. The number of nitrogens with zero attached hydrogens (tertiary/aromatic N) is 2. The molecule has 12 heteroatoms. The smallest absolute Gasteiger partial charge is 0.286 e. The molecule has 1 amide bonds. The molecule has 11 nitrogen and oxygen atoms in total. The highest BCUT2D eigenvalue weighted by molar-refractivity contribution is 7.89. The molecule has 0 radical (unpaired) electrons. The van der Waals surface area contributed by atoms with E-state index in [1.54, 1.807) is 18.2 Å². The van der Waals surface area contributed by atoms with Crippen molar-refractivity contribution in [3.05, 3.63) is 102 Å². The number of carbonyl (C=O) groups excluding carboxylic acids is 1. The van der Waals surface area contributed by atoms with Crippen LogP contribution in [0.4, 0.5) is 0 Å². The van der Waals surface area contributed by atoms with Crippen LogP contribution >= 0.6 is 0 Å². The number of aliphatic hydroxyl groups is 1. The van der Waals surface area contributed by atoms with Gasteiger partial charge in [0, 0.05) is 25.4 Å². The van der Waals surface area contributed by atoms with Gasteiger partial charge >= 0.3 is 0 Å². The van der Waals surface area contributed by atoms with Crippen molar-refractivity contribution in [2.45, 2.75) is 30.1 Å². The Morgan fingerprint density at radius 2 is 1.81 bits per heavy atom. The molecular formula is C31H34N4O7S. The van der Waals surface area contributed by atoms with Crippen molar-refractivity contribution in [2.24, 2.45) is 0 Å². The van der Waals surface area contributed by atoms with E-state index in [0.717, 1.165) is 20.9 Å². The summed E-state index contributed by atoms with van der Waals surface area (Å²) in [5.74, 6) is 0.672. The third kappa shape index (κ3) is 7.41. The fourth-order valence-electron chi connectivity index (χ4n) is 4.84. The second-order valence-electron chi connectivity index (χ2n) is 9.89. The van der Waals surface area contributed by atoms with E-state index in [1.807, 2.05) is 54.6 Å². The first-order valence-corrected chi connectivity index (χ1v) is 15.3. The summed E-state index contributed by atoms with van der Waals surface area (Å²) in [6.07, 6.45) is 1.40. The molecule has 0 spiro atoms. The summed E-state index contributed by atoms with van der Waals surface area (Å²) in [7, 11) is -2.40. The van der Waals surface area contributed by atoms with Gasteiger partial charge in [-0.15, -0.1) is 0 Å². The van der Waals surface area contributed by atoms with Crippen molar-refractivity contribution >= 4 is 27.0 Å². The zero-order chi connectivity index (χ0) is 30.2. The number of allylic oxidation sites excluding steroid dienone is 1. The predicted molar refractivity (Wildman–Crippen MR) is 159 cm³/mol. The zero-order valence-electron chi connectivity index (χ0n) is 23.7. The highest BCUT2D eigenvalue weighted by Gasteiger charge is 2.30. The van der Waals surface area contributed by atoms with Crippen LogP contribution in [0.15, 0.2) is 95.6 Å². The number of ether oxygens (including phenoxy) is 3. The molecule has 0 bridgehead atoms. The Labute approximate surface area is 250 Å². The number of para-hydroxylation sites is 2. The number of fused-ring (bicyclic) bond motifs is 1. The number of sulfonamides is 1. The molecule has 0 unspecified atom stereocenters. The van der Waals surface area contributed by atoms with E-state index in [1.165, 1.54) is 19.2 Å². The number of aromatic nitrogens is 2. The molecule has 2 atom stereocenters. The number of H-pyrrole nitrogens is 1. The van der Waals surface area contributed by atoms with Crippen molar-refractivity contribution < 1.29 is 32.5 Å². The molecule has 1 aromatic heterocycles. The molecule has 0 fully saturated rings. The van der Waals surface area contributed by atoms with Gasteiger partial charge in [-0.1, -0.05) is 42.5 Å². The van der Waals surface area contributed by atoms with Crippen LogP contribution < -0.4 is 10.1 Å². The normalized spacial score (nSPS) is 17.0.